The number of nitrogen functional groups attached to an aromatic ring is 1. The van der Waals surface area contributed by atoms with Crippen LogP contribution in [-0.4, -0.2) is 41.0 Å². The van der Waals surface area contributed by atoms with Crippen LogP contribution in [0.3, 0.4) is 0 Å². The predicted octanol–water partition coefficient (Wildman–Crippen LogP) is 3.44. The molecule has 3 aromatic heterocycles. The summed E-state index contributed by atoms with van der Waals surface area (Å²) in [4.78, 5) is 24.6. The third kappa shape index (κ3) is 5.30. The van der Waals surface area contributed by atoms with Gasteiger partial charge in [0.25, 0.3) is 0 Å². The maximum absolute atomic E-state index is 11.3. The molecule has 0 saturated carbocycles. The summed E-state index contributed by atoms with van der Waals surface area (Å²) in [5.41, 5.74) is 9.70. The van der Waals surface area contributed by atoms with Gasteiger partial charge in [0, 0.05) is 16.7 Å². The van der Waals surface area contributed by atoms with Gasteiger partial charge in [-0.25, -0.2) is 14.6 Å². The fourth-order valence-corrected chi connectivity index (χ4v) is 3.79. The Hall–Kier alpha value is -4.65. The second kappa shape index (κ2) is 9.69. The molecule has 1 aromatic carbocycles. The summed E-state index contributed by atoms with van der Waals surface area (Å²) in [7, 11) is 0. The number of carboxylic acids is 1. The third-order valence-corrected chi connectivity index (χ3v) is 5.90. The van der Waals surface area contributed by atoms with E-state index in [1.165, 1.54) is 0 Å². The van der Waals surface area contributed by atoms with Gasteiger partial charge in [0.05, 0.1) is 47.9 Å². The number of aliphatic carboxylic acids is 1. The van der Waals surface area contributed by atoms with E-state index in [-0.39, 0.29) is 12.4 Å². The summed E-state index contributed by atoms with van der Waals surface area (Å²) in [6.07, 6.45) is 2.39. The van der Waals surface area contributed by atoms with E-state index >= 15 is 0 Å². The van der Waals surface area contributed by atoms with Gasteiger partial charge in [0.15, 0.2) is 0 Å². The van der Waals surface area contributed by atoms with E-state index in [1.807, 2.05) is 38.1 Å². The zero-order valence-corrected chi connectivity index (χ0v) is 19.4. The van der Waals surface area contributed by atoms with Gasteiger partial charge in [0.2, 0.25) is 5.95 Å². The SMILES string of the molecule is CCC(C)(CC(=O)O)c1cccc(Cn2cc(-c3cc(-c4cccc(C#N)c4)nc(N)n3)nn2)n1. The van der Waals surface area contributed by atoms with Crippen molar-refractivity contribution >= 4 is 11.9 Å². The number of carboxylic acid groups (broad SMARTS) is 1. The van der Waals surface area contributed by atoms with Crippen molar-refractivity contribution in [2.75, 3.05) is 5.73 Å². The molecule has 1 unspecified atom stereocenters. The van der Waals surface area contributed by atoms with E-state index in [0.717, 1.165) is 17.0 Å². The molecule has 4 aromatic rings. The normalized spacial score (nSPS) is 12.6. The largest absolute Gasteiger partial charge is 0.481 e. The molecule has 0 aliphatic rings. The van der Waals surface area contributed by atoms with Crippen molar-refractivity contribution in [1.29, 1.82) is 5.26 Å². The molecule has 3 N–H and O–H groups in total. The summed E-state index contributed by atoms with van der Waals surface area (Å²) in [5.74, 6) is -0.772. The number of hydrogen-bond donors (Lipinski definition) is 2. The van der Waals surface area contributed by atoms with E-state index in [0.29, 0.717) is 35.6 Å². The number of benzene rings is 1. The Kier molecular flexibility index (Phi) is 6.51. The number of pyridine rings is 1. The molecule has 176 valence electrons. The molecule has 0 bridgehead atoms. The fourth-order valence-electron chi connectivity index (χ4n) is 3.79. The quantitative estimate of drug-likeness (QED) is 0.395. The van der Waals surface area contributed by atoms with Crippen LogP contribution in [0.15, 0.2) is 54.7 Å². The van der Waals surface area contributed by atoms with Crippen molar-refractivity contribution in [3.63, 3.8) is 0 Å². The number of nitrogens with two attached hydrogens (primary N) is 1. The van der Waals surface area contributed by atoms with E-state index < -0.39 is 11.4 Å². The topological polar surface area (TPSA) is 156 Å². The van der Waals surface area contributed by atoms with Crippen LogP contribution in [0.5, 0.6) is 0 Å². The third-order valence-electron chi connectivity index (χ3n) is 5.90. The smallest absolute Gasteiger partial charge is 0.304 e. The van der Waals surface area contributed by atoms with E-state index in [1.54, 1.807) is 35.1 Å². The Morgan fingerprint density at radius 2 is 1.89 bits per heavy atom. The molecule has 0 saturated heterocycles. The summed E-state index contributed by atoms with van der Waals surface area (Å²) in [5, 5.41) is 26.9. The Labute approximate surface area is 202 Å². The first-order valence-electron chi connectivity index (χ1n) is 11.0. The Balaban J connectivity index is 1.60. The molecule has 1 atom stereocenters. The van der Waals surface area contributed by atoms with Crippen LogP contribution in [0.4, 0.5) is 5.95 Å². The van der Waals surface area contributed by atoms with Gasteiger partial charge in [-0.3, -0.25) is 9.78 Å². The molecule has 10 nitrogen and oxygen atoms in total. The summed E-state index contributed by atoms with van der Waals surface area (Å²) >= 11 is 0. The summed E-state index contributed by atoms with van der Waals surface area (Å²) in [6, 6.07) is 16.5. The molecule has 0 fully saturated rings. The van der Waals surface area contributed by atoms with Crippen molar-refractivity contribution in [2.24, 2.45) is 0 Å². The van der Waals surface area contributed by atoms with E-state index in [2.05, 4.69) is 26.3 Å². The van der Waals surface area contributed by atoms with E-state index in [9.17, 15) is 15.2 Å². The predicted molar refractivity (Wildman–Crippen MR) is 129 cm³/mol. The van der Waals surface area contributed by atoms with Crippen molar-refractivity contribution in [2.45, 2.75) is 38.6 Å². The molecule has 0 aliphatic heterocycles. The van der Waals surface area contributed by atoms with Crippen molar-refractivity contribution < 1.29 is 9.90 Å². The minimum Gasteiger partial charge on any atom is -0.481 e. The van der Waals surface area contributed by atoms with Crippen molar-refractivity contribution in [1.82, 2.24) is 29.9 Å². The zero-order valence-electron chi connectivity index (χ0n) is 19.4. The highest BCUT2D eigenvalue weighted by Crippen LogP contribution is 2.30. The lowest BCUT2D eigenvalue weighted by molar-refractivity contribution is -0.138. The minimum atomic E-state index is -0.856. The number of anilines is 1. The Bertz CT molecular complexity index is 1420. The molecule has 10 heteroatoms. The molecular formula is C25H24N8O2. The summed E-state index contributed by atoms with van der Waals surface area (Å²) in [6.45, 7) is 4.22. The number of rotatable bonds is 8. The van der Waals surface area contributed by atoms with Gasteiger partial charge in [0.1, 0.15) is 5.69 Å². The van der Waals surface area contributed by atoms with Gasteiger partial charge in [-0.15, -0.1) is 5.10 Å². The molecule has 3 heterocycles. The van der Waals surface area contributed by atoms with Crippen LogP contribution in [0.25, 0.3) is 22.6 Å². The van der Waals surface area contributed by atoms with Crippen LogP contribution in [0, 0.1) is 11.3 Å². The molecule has 0 spiro atoms. The second-order valence-electron chi connectivity index (χ2n) is 8.49. The monoisotopic (exact) mass is 468 g/mol. The minimum absolute atomic E-state index is 0.00215. The molecule has 35 heavy (non-hydrogen) atoms. The lowest BCUT2D eigenvalue weighted by Crippen LogP contribution is -2.26. The first-order valence-corrected chi connectivity index (χ1v) is 11.0. The number of carbonyl (C=O) groups is 1. The van der Waals surface area contributed by atoms with Gasteiger partial charge >= 0.3 is 5.97 Å². The van der Waals surface area contributed by atoms with Gasteiger partial charge in [-0.2, -0.15) is 5.26 Å². The zero-order chi connectivity index (χ0) is 25.0. The average Bonchev–Trinajstić information content (AvgIpc) is 3.32. The molecule has 0 aliphatic carbocycles. The number of nitrogens with zero attached hydrogens (tertiary/aromatic N) is 7. The average molecular weight is 469 g/mol. The fraction of sp³-hybridized carbons (Fsp3) is 0.240. The number of nitriles is 1. The first-order chi connectivity index (χ1) is 16.8. The molecule has 4 rings (SSSR count). The maximum Gasteiger partial charge on any atom is 0.304 e. The van der Waals surface area contributed by atoms with Gasteiger partial charge in [-0.05, 0) is 36.8 Å². The lowest BCUT2D eigenvalue weighted by Gasteiger charge is -2.26. The lowest BCUT2D eigenvalue weighted by atomic mass is 9.80. The van der Waals surface area contributed by atoms with Crippen LogP contribution < -0.4 is 5.73 Å². The van der Waals surface area contributed by atoms with E-state index in [4.69, 9.17) is 10.7 Å². The standard InChI is InChI=1S/C25H24N8O2/c1-3-25(2,12-23(34)35)22-9-5-8-18(28-22)14-33-15-21(31-32-33)20-11-19(29-24(27)30-20)17-7-4-6-16(10-17)13-26/h4-11,15H,3,12,14H2,1-2H3,(H,34,35)(H2,27,29,30). The molecule has 0 amide bonds. The highest BCUT2D eigenvalue weighted by molar-refractivity contribution is 5.69. The van der Waals surface area contributed by atoms with Crippen molar-refractivity contribution in [3.05, 3.63) is 71.7 Å². The number of aromatic nitrogens is 6. The first kappa shape index (κ1) is 23.5. The highest BCUT2D eigenvalue weighted by Gasteiger charge is 2.29. The van der Waals surface area contributed by atoms with Crippen molar-refractivity contribution in [3.8, 4) is 28.7 Å². The van der Waals surface area contributed by atoms with Crippen LogP contribution in [0.1, 0.15) is 43.6 Å². The molecule has 0 radical (unpaired) electrons. The van der Waals surface area contributed by atoms with Crippen LogP contribution in [0.2, 0.25) is 0 Å². The Morgan fingerprint density at radius 3 is 2.63 bits per heavy atom. The van der Waals surface area contributed by atoms with Gasteiger partial charge in [-0.1, -0.05) is 37.3 Å². The summed E-state index contributed by atoms with van der Waals surface area (Å²) < 4.78 is 1.64. The Morgan fingerprint density at radius 1 is 1.11 bits per heavy atom. The second-order valence-corrected chi connectivity index (χ2v) is 8.49. The van der Waals surface area contributed by atoms with Crippen LogP contribution in [-0.2, 0) is 16.8 Å². The van der Waals surface area contributed by atoms with Gasteiger partial charge < -0.3 is 10.8 Å². The van der Waals surface area contributed by atoms with Crippen LogP contribution >= 0.6 is 0 Å². The maximum atomic E-state index is 11.3. The number of hydrogen-bond acceptors (Lipinski definition) is 8. The molecular weight excluding hydrogens is 444 g/mol. The highest BCUT2D eigenvalue weighted by atomic mass is 16.4.